The first-order chi connectivity index (χ1) is 22.0. The molecule has 0 bridgehead atoms. The number of likely N-dealkylation sites (tertiary alicyclic amines) is 1. The SMILES string of the molecule is CCCCN(CCC[N+](C)(C)C)C(=O)CN1C[C@H](c2cc(OC)c3c(c2)OCO3)C(C(=O)O)[C@@H]1CCN1C(=O)Cc2ccccc21. The van der Waals surface area contributed by atoms with Gasteiger partial charge in [-0.15, -0.1) is 0 Å². The minimum absolute atomic E-state index is 0.00810. The zero-order chi connectivity index (χ0) is 33.0. The Morgan fingerprint density at radius 3 is 2.59 bits per heavy atom. The highest BCUT2D eigenvalue weighted by molar-refractivity contribution is 6.01. The molecule has 11 heteroatoms. The van der Waals surface area contributed by atoms with Crippen LogP contribution in [0, 0.1) is 5.92 Å². The first-order valence-corrected chi connectivity index (χ1v) is 16.4. The summed E-state index contributed by atoms with van der Waals surface area (Å²) in [4.78, 5) is 45.8. The van der Waals surface area contributed by atoms with E-state index < -0.39 is 23.8 Å². The van der Waals surface area contributed by atoms with E-state index >= 15 is 0 Å². The molecule has 3 heterocycles. The molecule has 1 fully saturated rings. The number of carboxylic acid groups (broad SMARTS) is 1. The fourth-order valence-corrected chi connectivity index (χ4v) is 7.10. The summed E-state index contributed by atoms with van der Waals surface area (Å²) in [6.45, 7) is 5.33. The number of aliphatic carboxylic acids is 1. The van der Waals surface area contributed by atoms with Crippen molar-refractivity contribution in [2.24, 2.45) is 5.92 Å². The van der Waals surface area contributed by atoms with Crippen LogP contribution in [0.1, 0.15) is 49.7 Å². The molecule has 5 rings (SSSR count). The van der Waals surface area contributed by atoms with Gasteiger partial charge >= 0.3 is 5.97 Å². The van der Waals surface area contributed by atoms with Gasteiger partial charge in [-0.3, -0.25) is 19.3 Å². The lowest BCUT2D eigenvalue weighted by Crippen LogP contribution is -2.46. The third-order valence-electron chi connectivity index (χ3n) is 9.45. The number of quaternary nitrogens is 1. The summed E-state index contributed by atoms with van der Waals surface area (Å²) in [5, 5.41) is 10.7. The molecule has 250 valence electrons. The Kier molecular flexibility index (Phi) is 10.4. The standard InChI is InChI=1S/C35H48N4O7/c1-6-7-14-36(15-10-17-39(2,3)4)32(41)22-37-21-26(25-18-29(44-5)34-30(19-25)45-23-46-34)33(35(42)43)28(37)13-16-38-27-12-9-8-11-24(27)20-31(38)40/h8-9,11-12,18-19,26,28,33H,6-7,10,13-17,20-23H2,1-5H3/p+1/t26-,28+,33?/m1/s1. The molecule has 0 aromatic heterocycles. The molecule has 0 aliphatic carbocycles. The predicted octanol–water partition coefficient (Wildman–Crippen LogP) is 3.60. The third-order valence-corrected chi connectivity index (χ3v) is 9.45. The number of amides is 2. The summed E-state index contributed by atoms with van der Waals surface area (Å²) in [6.07, 6.45) is 3.53. The molecule has 0 saturated carbocycles. The summed E-state index contributed by atoms with van der Waals surface area (Å²) < 4.78 is 17.7. The zero-order valence-electron chi connectivity index (χ0n) is 27.9. The van der Waals surface area contributed by atoms with E-state index in [0.717, 1.165) is 47.1 Å². The quantitative estimate of drug-likeness (QED) is 0.295. The van der Waals surface area contributed by atoms with Crippen LogP contribution in [-0.2, 0) is 20.8 Å². The number of hydrogen-bond acceptors (Lipinski definition) is 7. The number of unbranched alkanes of at least 4 members (excludes halogenated alkanes) is 1. The maximum Gasteiger partial charge on any atom is 0.308 e. The summed E-state index contributed by atoms with van der Waals surface area (Å²) in [7, 11) is 7.99. The smallest absolute Gasteiger partial charge is 0.308 e. The van der Waals surface area contributed by atoms with E-state index in [0.29, 0.717) is 56.3 Å². The minimum atomic E-state index is -0.930. The molecular formula is C35H49N4O7+. The lowest BCUT2D eigenvalue weighted by atomic mass is 9.84. The van der Waals surface area contributed by atoms with E-state index in [1.54, 1.807) is 12.0 Å². The van der Waals surface area contributed by atoms with Crippen LogP contribution in [0.3, 0.4) is 0 Å². The van der Waals surface area contributed by atoms with Crippen molar-refractivity contribution >= 4 is 23.5 Å². The van der Waals surface area contributed by atoms with Gasteiger partial charge in [0.1, 0.15) is 0 Å². The molecule has 46 heavy (non-hydrogen) atoms. The average molecular weight is 638 g/mol. The largest absolute Gasteiger partial charge is 0.493 e. The zero-order valence-corrected chi connectivity index (χ0v) is 27.9. The van der Waals surface area contributed by atoms with Crippen molar-refractivity contribution in [2.45, 2.75) is 51.0 Å². The molecule has 3 aliphatic heterocycles. The molecule has 1 N–H and O–H groups in total. The second-order valence-corrected chi connectivity index (χ2v) is 13.7. The van der Waals surface area contributed by atoms with Gasteiger partial charge in [-0.1, -0.05) is 31.5 Å². The number of anilines is 1. The highest BCUT2D eigenvalue weighted by atomic mass is 16.7. The summed E-state index contributed by atoms with van der Waals surface area (Å²) >= 11 is 0. The van der Waals surface area contributed by atoms with Crippen molar-refractivity contribution in [2.75, 3.05) is 79.2 Å². The number of ether oxygens (including phenoxy) is 3. The molecule has 3 aliphatic rings. The van der Waals surface area contributed by atoms with E-state index in [-0.39, 0.29) is 25.2 Å². The number of para-hydroxylation sites is 1. The van der Waals surface area contributed by atoms with Crippen molar-refractivity contribution in [1.82, 2.24) is 9.80 Å². The Morgan fingerprint density at radius 2 is 1.87 bits per heavy atom. The Morgan fingerprint density at radius 1 is 1.11 bits per heavy atom. The molecule has 2 aromatic carbocycles. The van der Waals surface area contributed by atoms with Crippen LogP contribution in [0.2, 0.25) is 0 Å². The number of hydrogen-bond donors (Lipinski definition) is 1. The van der Waals surface area contributed by atoms with Crippen molar-refractivity contribution < 1.29 is 38.2 Å². The first kappa shape index (κ1) is 33.5. The van der Waals surface area contributed by atoms with Gasteiger partial charge in [0.15, 0.2) is 11.5 Å². The van der Waals surface area contributed by atoms with Crippen LogP contribution in [0.25, 0.3) is 0 Å². The molecule has 3 atom stereocenters. The van der Waals surface area contributed by atoms with Gasteiger partial charge in [-0.2, -0.15) is 0 Å². The fourth-order valence-electron chi connectivity index (χ4n) is 7.10. The minimum Gasteiger partial charge on any atom is -0.493 e. The van der Waals surface area contributed by atoms with Crippen LogP contribution in [-0.4, -0.2) is 118 Å². The van der Waals surface area contributed by atoms with Crippen LogP contribution >= 0.6 is 0 Å². The lowest BCUT2D eigenvalue weighted by molar-refractivity contribution is -0.870. The van der Waals surface area contributed by atoms with Crippen molar-refractivity contribution in [3.63, 3.8) is 0 Å². The highest BCUT2D eigenvalue weighted by Crippen LogP contribution is 2.47. The molecule has 2 aromatic rings. The Labute approximate surface area is 272 Å². The third kappa shape index (κ3) is 7.41. The van der Waals surface area contributed by atoms with Gasteiger partial charge in [0.2, 0.25) is 24.4 Å². The summed E-state index contributed by atoms with van der Waals surface area (Å²) in [5.41, 5.74) is 2.62. The number of carboxylic acids is 1. The van der Waals surface area contributed by atoms with Crippen LogP contribution in [0.5, 0.6) is 17.2 Å². The van der Waals surface area contributed by atoms with E-state index in [1.807, 2.05) is 46.2 Å². The Hall–Kier alpha value is -3.83. The van der Waals surface area contributed by atoms with Gasteiger partial charge in [-0.05, 0) is 42.2 Å². The maximum absolute atomic E-state index is 14.0. The monoisotopic (exact) mass is 637 g/mol. The molecule has 1 unspecified atom stereocenters. The van der Waals surface area contributed by atoms with E-state index in [9.17, 15) is 19.5 Å². The number of fused-ring (bicyclic) bond motifs is 2. The average Bonchev–Trinajstić information content (AvgIpc) is 3.71. The van der Waals surface area contributed by atoms with Crippen molar-refractivity contribution in [3.05, 3.63) is 47.5 Å². The van der Waals surface area contributed by atoms with Crippen molar-refractivity contribution in [3.8, 4) is 17.2 Å². The van der Waals surface area contributed by atoms with Crippen LogP contribution in [0.4, 0.5) is 5.69 Å². The Balaban J connectivity index is 1.43. The number of carbonyl (C=O) groups is 3. The van der Waals surface area contributed by atoms with E-state index in [2.05, 4.69) is 28.1 Å². The first-order valence-electron chi connectivity index (χ1n) is 16.4. The topological polar surface area (TPSA) is 109 Å². The number of nitrogens with zero attached hydrogens (tertiary/aromatic N) is 4. The number of rotatable bonds is 15. The van der Waals surface area contributed by atoms with Crippen molar-refractivity contribution in [1.29, 1.82) is 0 Å². The van der Waals surface area contributed by atoms with E-state index in [4.69, 9.17) is 14.2 Å². The second-order valence-electron chi connectivity index (χ2n) is 13.7. The van der Waals surface area contributed by atoms with Crippen LogP contribution in [0.15, 0.2) is 36.4 Å². The van der Waals surface area contributed by atoms with Gasteiger partial charge in [0.05, 0.1) is 53.7 Å². The molecular weight excluding hydrogens is 588 g/mol. The van der Waals surface area contributed by atoms with E-state index in [1.165, 1.54) is 0 Å². The van der Waals surface area contributed by atoms with Crippen LogP contribution < -0.4 is 19.1 Å². The molecule has 11 nitrogen and oxygen atoms in total. The number of benzene rings is 2. The normalized spacial score (nSPS) is 20.7. The van der Waals surface area contributed by atoms with Gasteiger partial charge in [-0.25, -0.2) is 0 Å². The highest BCUT2D eigenvalue weighted by Gasteiger charge is 2.48. The molecule has 0 spiro atoms. The summed E-state index contributed by atoms with van der Waals surface area (Å²) in [5.74, 6) is -0.638. The number of methoxy groups -OCH3 is 1. The maximum atomic E-state index is 14.0. The fraction of sp³-hybridized carbons (Fsp3) is 0.571. The molecule has 0 radical (unpaired) electrons. The summed E-state index contributed by atoms with van der Waals surface area (Å²) in [6, 6.07) is 10.9. The molecule has 1 saturated heterocycles. The second kappa shape index (κ2) is 14.3. The van der Waals surface area contributed by atoms with Gasteiger partial charge < -0.3 is 33.6 Å². The molecule has 2 amide bonds. The van der Waals surface area contributed by atoms with Gasteiger partial charge in [0.25, 0.3) is 0 Å². The lowest BCUT2D eigenvalue weighted by Gasteiger charge is -2.31. The van der Waals surface area contributed by atoms with Gasteiger partial charge in [0, 0.05) is 50.2 Å². The number of carbonyl (C=O) groups excluding carboxylic acids is 2. The predicted molar refractivity (Wildman–Crippen MR) is 174 cm³/mol. The Bertz CT molecular complexity index is 1420.